The van der Waals surface area contributed by atoms with Crippen LogP contribution in [-0.2, 0) is 13.5 Å². The average Bonchev–Trinajstić information content (AvgIpc) is 3.49. The van der Waals surface area contributed by atoms with Gasteiger partial charge in [0.2, 0.25) is 0 Å². The maximum atomic E-state index is 13.6. The second kappa shape index (κ2) is 5.90. The molecule has 1 saturated heterocycles. The topological polar surface area (TPSA) is 51.0 Å². The molecule has 0 unspecified atom stereocenters. The first kappa shape index (κ1) is 16.3. The number of carbonyl (C=O) groups is 1. The lowest BCUT2D eigenvalue weighted by atomic mass is 9.81. The summed E-state index contributed by atoms with van der Waals surface area (Å²) < 4.78 is 2.10. The lowest BCUT2D eigenvalue weighted by Crippen LogP contribution is -2.49. The Balaban J connectivity index is 1.41. The van der Waals surface area contributed by atoms with E-state index in [0.717, 1.165) is 41.4 Å². The van der Waals surface area contributed by atoms with E-state index in [0.29, 0.717) is 12.0 Å². The molecule has 3 aliphatic rings. The van der Waals surface area contributed by atoms with Gasteiger partial charge in [0.25, 0.3) is 5.91 Å². The first-order valence-electron chi connectivity index (χ1n) is 10.4. The van der Waals surface area contributed by atoms with Gasteiger partial charge in [-0.25, -0.2) is 0 Å². The summed E-state index contributed by atoms with van der Waals surface area (Å²) in [6, 6.07) is 10.2. The first-order valence-corrected chi connectivity index (χ1v) is 10.4. The van der Waals surface area contributed by atoms with Crippen molar-refractivity contribution in [3.05, 3.63) is 59.0 Å². The monoisotopic (exact) mass is 372 g/mol. The van der Waals surface area contributed by atoms with Gasteiger partial charge in [-0.05, 0) is 62.8 Å². The molecule has 1 aromatic carbocycles. The molecule has 2 aromatic heterocycles. The van der Waals surface area contributed by atoms with Crippen LogP contribution in [0.3, 0.4) is 0 Å². The van der Waals surface area contributed by atoms with Crippen LogP contribution < -0.4 is 0 Å². The fourth-order valence-electron chi connectivity index (χ4n) is 5.40. The Kier molecular flexibility index (Phi) is 3.43. The van der Waals surface area contributed by atoms with E-state index >= 15 is 0 Å². The van der Waals surface area contributed by atoms with Crippen LogP contribution in [0.4, 0.5) is 0 Å². The molecule has 5 heteroatoms. The molecule has 28 heavy (non-hydrogen) atoms. The normalized spacial score (nSPS) is 23.7. The molecule has 2 bridgehead atoms. The minimum Gasteiger partial charge on any atom is -0.327 e. The number of aryl methyl sites for hydroxylation is 1. The van der Waals surface area contributed by atoms with E-state index in [9.17, 15) is 4.79 Å². The van der Waals surface area contributed by atoms with Crippen molar-refractivity contribution >= 4 is 16.8 Å². The molecule has 2 fully saturated rings. The molecule has 4 heterocycles. The lowest BCUT2D eigenvalue weighted by Gasteiger charge is -2.45. The van der Waals surface area contributed by atoms with Crippen LogP contribution in [0.15, 0.2) is 36.5 Å². The molecule has 1 aliphatic carbocycles. The third-order valence-corrected chi connectivity index (χ3v) is 6.77. The van der Waals surface area contributed by atoms with Crippen molar-refractivity contribution in [2.24, 2.45) is 7.05 Å². The molecule has 2 atom stereocenters. The van der Waals surface area contributed by atoms with E-state index < -0.39 is 0 Å². The van der Waals surface area contributed by atoms with Crippen LogP contribution in [0.25, 0.3) is 10.9 Å². The highest BCUT2D eigenvalue weighted by molar-refractivity contribution is 5.98. The van der Waals surface area contributed by atoms with Gasteiger partial charge in [-0.3, -0.25) is 14.5 Å². The quantitative estimate of drug-likeness (QED) is 0.679. The highest BCUT2D eigenvalue weighted by atomic mass is 16.2. The molecule has 1 amide bonds. The molecular formula is C23H24N4O. The number of rotatable bonds is 2. The highest BCUT2D eigenvalue weighted by Gasteiger charge is 2.45. The Morgan fingerprint density at radius 1 is 1.14 bits per heavy atom. The van der Waals surface area contributed by atoms with Crippen LogP contribution in [0.5, 0.6) is 0 Å². The van der Waals surface area contributed by atoms with E-state index in [1.807, 2.05) is 30.3 Å². The van der Waals surface area contributed by atoms with Crippen LogP contribution in [0, 0.1) is 0 Å². The summed E-state index contributed by atoms with van der Waals surface area (Å²) in [7, 11) is 2.08. The summed E-state index contributed by atoms with van der Waals surface area (Å²) in [5, 5.41) is 5.94. The number of piperidine rings is 1. The van der Waals surface area contributed by atoms with Crippen molar-refractivity contribution in [1.29, 1.82) is 0 Å². The maximum Gasteiger partial charge on any atom is 0.254 e. The van der Waals surface area contributed by atoms with Gasteiger partial charge in [0.05, 0.1) is 17.3 Å². The minimum atomic E-state index is 0.123. The predicted molar refractivity (Wildman–Crippen MR) is 107 cm³/mol. The van der Waals surface area contributed by atoms with Crippen molar-refractivity contribution in [1.82, 2.24) is 19.7 Å². The summed E-state index contributed by atoms with van der Waals surface area (Å²) in [5.41, 5.74) is 5.75. The number of amides is 1. The van der Waals surface area contributed by atoms with Crippen molar-refractivity contribution in [3.63, 3.8) is 0 Å². The van der Waals surface area contributed by atoms with Crippen LogP contribution >= 0.6 is 0 Å². The number of carbonyl (C=O) groups excluding carboxylic acids is 1. The number of nitrogens with zero attached hydrogens (tertiary/aromatic N) is 4. The summed E-state index contributed by atoms with van der Waals surface area (Å²) in [5.74, 6) is 0.835. The number of fused-ring (bicyclic) bond motifs is 5. The zero-order chi connectivity index (χ0) is 18.8. The van der Waals surface area contributed by atoms with E-state index in [1.54, 1.807) is 6.20 Å². The summed E-state index contributed by atoms with van der Waals surface area (Å²) in [4.78, 5) is 20.1. The maximum absolute atomic E-state index is 13.6. The largest absolute Gasteiger partial charge is 0.327 e. The number of benzene rings is 1. The minimum absolute atomic E-state index is 0.123. The molecule has 1 saturated carbocycles. The van der Waals surface area contributed by atoms with Gasteiger partial charge in [-0.1, -0.05) is 6.07 Å². The molecule has 0 radical (unpaired) electrons. The van der Waals surface area contributed by atoms with Crippen LogP contribution in [0.2, 0.25) is 0 Å². The Hall–Kier alpha value is -2.69. The fraction of sp³-hybridized carbons (Fsp3) is 0.435. The lowest BCUT2D eigenvalue weighted by molar-refractivity contribution is 0.0391. The zero-order valence-corrected chi connectivity index (χ0v) is 16.1. The first-order chi connectivity index (χ1) is 13.7. The standard InChI is InChI=1S/C23H24N4O/c1-26-22(14-7-8-14)18-13-17-5-2-6-20(21(18)25-26)27(17)23(28)16-9-10-19-15(12-16)4-3-11-24-19/h3-4,9-12,14,17,20H,2,5-8,13H2,1H3/t17-,20+/m1/s1. The summed E-state index contributed by atoms with van der Waals surface area (Å²) in [6.45, 7) is 0. The van der Waals surface area contributed by atoms with Gasteiger partial charge in [0, 0.05) is 47.4 Å². The number of pyridine rings is 1. The summed E-state index contributed by atoms with van der Waals surface area (Å²) in [6.07, 6.45) is 8.62. The second-order valence-corrected chi connectivity index (χ2v) is 8.57. The van der Waals surface area contributed by atoms with E-state index in [2.05, 4.69) is 21.6 Å². The Morgan fingerprint density at radius 3 is 2.89 bits per heavy atom. The van der Waals surface area contributed by atoms with Gasteiger partial charge >= 0.3 is 0 Å². The van der Waals surface area contributed by atoms with Gasteiger partial charge in [0.15, 0.2) is 0 Å². The smallest absolute Gasteiger partial charge is 0.254 e. The van der Waals surface area contributed by atoms with Gasteiger partial charge in [0.1, 0.15) is 0 Å². The SMILES string of the molecule is Cn1nc2c(c1C1CC1)C[C@H]1CCC[C@@H]2N1C(=O)c1ccc2ncccc2c1. The summed E-state index contributed by atoms with van der Waals surface area (Å²) >= 11 is 0. The molecule has 0 N–H and O–H groups in total. The zero-order valence-electron chi connectivity index (χ0n) is 16.1. The Morgan fingerprint density at radius 2 is 2.04 bits per heavy atom. The number of hydrogen-bond acceptors (Lipinski definition) is 3. The van der Waals surface area contributed by atoms with Gasteiger partial charge < -0.3 is 4.90 Å². The Bertz CT molecular complexity index is 1100. The molecule has 0 spiro atoms. The van der Waals surface area contributed by atoms with E-state index in [1.165, 1.54) is 30.5 Å². The van der Waals surface area contributed by atoms with Gasteiger partial charge in [-0.2, -0.15) is 5.10 Å². The van der Waals surface area contributed by atoms with Crippen LogP contribution in [0.1, 0.15) is 71.4 Å². The molecule has 6 rings (SSSR count). The predicted octanol–water partition coefficient (Wildman–Crippen LogP) is 4.14. The van der Waals surface area contributed by atoms with Crippen LogP contribution in [-0.4, -0.2) is 31.6 Å². The van der Waals surface area contributed by atoms with E-state index in [-0.39, 0.29) is 11.9 Å². The third-order valence-electron chi connectivity index (χ3n) is 6.77. The molecule has 2 aliphatic heterocycles. The molecular weight excluding hydrogens is 348 g/mol. The third kappa shape index (κ3) is 2.35. The van der Waals surface area contributed by atoms with Crippen molar-refractivity contribution in [2.45, 2.75) is 56.5 Å². The van der Waals surface area contributed by atoms with Crippen molar-refractivity contribution < 1.29 is 4.79 Å². The molecule has 3 aromatic rings. The highest BCUT2D eigenvalue weighted by Crippen LogP contribution is 2.48. The second-order valence-electron chi connectivity index (χ2n) is 8.57. The van der Waals surface area contributed by atoms with Gasteiger partial charge in [-0.15, -0.1) is 0 Å². The van der Waals surface area contributed by atoms with Crippen molar-refractivity contribution in [3.8, 4) is 0 Å². The average molecular weight is 372 g/mol. The fourth-order valence-corrected chi connectivity index (χ4v) is 5.40. The molecule has 5 nitrogen and oxygen atoms in total. The number of aromatic nitrogens is 3. The van der Waals surface area contributed by atoms with Crippen molar-refractivity contribution in [2.75, 3.05) is 0 Å². The number of hydrogen-bond donors (Lipinski definition) is 0. The Labute approximate surface area is 164 Å². The molecule has 142 valence electrons. The van der Waals surface area contributed by atoms with E-state index in [4.69, 9.17) is 5.10 Å².